The minimum Gasteiger partial charge on any atom is -0.491 e. The van der Waals surface area contributed by atoms with Crippen molar-refractivity contribution in [1.82, 2.24) is 10.3 Å². The smallest absolute Gasteiger partial charge is 0.142 e. The summed E-state index contributed by atoms with van der Waals surface area (Å²) in [5.74, 6) is 0.840. The van der Waals surface area contributed by atoms with Crippen molar-refractivity contribution in [2.45, 2.75) is 19.9 Å². The van der Waals surface area contributed by atoms with Crippen molar-refractivity contribution in [3.8, 4) is 5.75 Å². The molecule has 18 heavy (non-hydrogen) atoms. The SMILES string of the molecule is C=CCCOc1ccc(C)nc1CNCCOC. The van der Waals surface area contributed by atoms with Gasteiger partial charge >= 0.3 is 0 Å². The highest BCUT2D eigenvalue weighted by molar-refractivity contribution is 5.29. The molecule has 0 saturated heterocycles. The Hall–Kier alpha value is -1.39. The van der Waals surface area contributed by atoms with Gasteiger partial charge in [0, 0.05) is 25.9 Å². The van der Waals surface area contributed by atoms with Crippen LogP contribution < -0.4 is 10.1 Å². The fraction of sp³-hybridized carbons (Fsp3) is 0.500. The minimum atomic E-state index is 0.638. The average Bonchev–Trinajstić information content (AvgIpc) is 2.37. The summed E-state index contributed by atoms with van der Waals surface area (Å²) in [6.07, 6.45) is 2.68. The zero-order chi connectivity index (χ0) is 13.2. The first kappa shape index (κ1) is 14.7. The van der Waals surface area contributed by atoms with Crippen LogP contribution in [0.5, 0.6) is 5.75 Å². The number of rotatable bonds is 9. The number of aromatic nitrogens is 1. The Morgan fingerprint density at radius 2 is 2.22 bits per heavy atom. The van der Waals surface area contributed by atoms with E-state index in [-0.39, 0.29) is 0 Å². The van der Waals surface area contributed by atoms with E-state index in [4.69, 9.17) is 9.47 Å². The molecule has 0 saturated carbocycles. The second-order valence-electron chi connectivity index (χ2n) is 3.99. The third kappa shape index (κ3) is 5.29. The van der Waals surface area contributed by atoms with E-state index < -0.39 is 0 Å². The number of hydrogen-bond donors (Lipinski definition) is 1. The van der Waals surface area contributed by atoms with Gasteiger partial charge in [0.2, 0.25) is 0 Å². The lowest BCUT2D eigenvalue weighted by Gasteiger charge is -2.11. The Labute approximate surface area is 109 Å². The number of pyridine rings is 1. The summed E-state index contributed by atoms with van der Waals surface area (Å²) < 4.78 is 10.7. The summed E-state index contributed by atoms with van der Waals surface area (Å²) in [5.41, 5.74) is 1.93. The van der Waals surface area contributed by atoms with Gasteiger partial charge < -0.3 is 14.8 Å². The van der Waals surface area contributed by atoms with Crippen LogP contribution in [0.15, 0.2) is 24.8 Å². The van der Waals surface area contributed by atoms with E-state index in [1.165, 1.54) is 0 Å². The molecular formula is C14H22N2O2. The van der Waals surface area contributed by atoms with E-state index >= 15 is 0 Å². The van der Waals surface area contributed by atoms with E-state index in [1.54, 1.807) is 7.11 Å². The topological polar surface area (TPSA) is 43.4 Å². The van der Waals surface area contributed by atoms with Gasteiger partial charge in [-0.2, -0.15) is 0 Å². The van der Waals surface area contributed by atoms with E-state index in [9.17, 15) is 0 Å². The first-order chi connectivity index (χ1) is 8.77. The zero-order valence-corrected chi connectivity index (χ0v) is 11.2. The fourth-order valence-electron chi connectivity index (χ4n) is 1.49. The van der Waals surface area contributed by atoms with Crippen molar-refractivity contribution in [1.29, 1.82) is 0 Å². The molecule has 1 heterocycles. The maximum Gasteiger partial charge on any atom is 0.142 e. The Bertz CT molecular complexity index is 367. The molecule has 0 aromatic carbocycles. The van der Waals surface area contributed by atoms with Crippen LogP contribution in [0.25, 0.3) is 0 Å². The Balaban J connectivity index is 2.55. The average molecular weight is 250 g/mol. The van der Waals surface area contributed by atoms with Crippen molar-refractivity contribution in [2.24, 2.45) is 0 Å². The summed E-state index contributed by atoms with van der Waals surface area (Å²) in [5, 5.41) is 3.27. The van der Waals surface area contributed by atoms with E-state index in [2.05, 4.69) is 16.9 Å². The molecule has 1 rings (SSSR count). The lowest BCUT2D eigenvalue weighted by Crippen LogP contribution is -2.20. The van der Waals surface area contributed by atoms with Gasteiger partial charge in [-0.25, -0.2) is 0 Å². The number of ether oxygens (including phenoxy) is 2. The molecule has 0 atom stereocenters. The second-order valence-corrected chi connectivity index (χ2v) is 3.99. The highest BCUT2D eigenvalue weighted by Gasteiger charge is 2.05. The first-order valence-electron chi connectivity index (χ1n) is 6.17. The molecule has 0 amide bonds. The number of aryl methyl sites for hydroxylation is 1. The van der Waals surface area contributed by atoms with Crippen LogP contribution in [0.2, 0.25) is 0 Å². The van der Waals surface area contributed by atoms with E-state index in [0.717, 1.165) is 30.1 Å². The van der Waals surface area contributed by atoms with Crippen LogP contribution in [0, 0.1) is 6.92 Å². The zero-order valence-electron chi connectivity index (χ0n) is 11.2. The lowest BCUT2D eigenvalue weighted by molar-refractivity contribution is 0.199. The molecule has 0 aliphatic carbocycles. The summed E-state index contributed by atoms with van der Waals surface area (Å²) >= 11 is 0. The summed E-state index contributed by atoms with van der Waals surface area (Å²) in [4.78, 5) is 4.50. The van der Waals surface area contributed by atoms with Gasteiger partial charge in [-0.1, -0.05) is 6.08 Å². The van der Waals surface area contributed by atoms with Crippen molar-refractivity contribution < 1.29 is 9.47 Å². The van der Waals surface area contributed by atoms with Gasteiger partial charge in [0.15, 0.2) is 0 Å². The Morgan fingerprint density at radius 3 is 2.94 bits per heavy atom. The van der Waals surface area contributed by atoms with Gasteiger partial charge in [-0.15, -0.1) is 6.58 Å². The number of nitrogens with one attached hydrogen (secondary N) is 1. The predicted octanol–water partition coefficient (Wildman–Crippen LogP) is 2.08. The van der Waals surface area contributed by atoms with Crippen molar-refractivity contribution in [2.75, 3.05) is 26.9 Å². The molecule has 4 nitrogen and oxygen atoms in total. The van der Waals surface area contributed by atoms with Gasteiger partial charge in [0.05, 0.1) is 18.9 Å². The molecule has 100 valence electrons. The highest BCUT2D eigenvalue weighted by Crippen LogP contribution is 2.17. The molecule has 0 aliphatic heterocycles. The van der Waals surface area contributed by atoms with Crippen LogP contribution in [-0.4, -0.2) is 31.9 Å². The van der Waals surface area contributed by atoms with E-state index in [1.807, 2.05) is 25.1 Å². The van der Waals surface area contributed by atoms with Crippen LogP contribution in [0.3, 0.4) is 0 Å². The van der Waals surface area contributed by atoms with Gasteiger partial charge in [-0.3, -0.25) is 4.98 Å². The molecular weight excluding hydrogens is 228 g/mol. The third-order valence-electron chi connectivity index (χ3n) is 2.43. The predicted molar refractivity (Wildman–Crippen MR) is 72.9 cm³/mol. The van der Waals surface area contributed by atoms with Gasteiger partial charge in [0.1, 0.15) is 5.75 Å². The molecule has 1 N–H and O–H groups in total. The molecule has 4 heteroatoms. The lowest BCUT2D eigenvalue weighted by atomic mass is 10.2. The van der Waals surface area contributed by atoms with Crippen LogP contribution >= 0.6 is 0 Å². The first-order valence-corrected chi connectivity index (χ1v) is 6.17. The van der Waals surface area contributed by atoms with Crippen LogP contribution in [-0.2, 0) is 11.3 Å². The summed E-state index contributed by atoms with van der Waals surface area (Å²) in [6.45, 7) is 8.48. The normalized spacial score (nSPS) is 10.3. The molecule has 0 bridgehead atoms. The Morgan fingerprint density at radius 1 is 1.39 bits per heavy atom. The van der Waals surface area contributed by atoms with Crippen molar-refractivity contribution >= 4 is 0 Å². The van der Waals surface area contributed by atoms with Crippen molar-refractivity contribution in [3.05, 3.63) is 36.2 Å². The highest BCUT2D eigenvalue weighted by atomic mass is 16.5. The largest absolute Gasteiger partial charge is 0.491 e. The fourth-order valence-corrected chi connectivity index (χ4v) is 1.49. The van der Waals surface area contributed by atoms with Crippen LogP contribution in [0.4, 0.5) is 0 Å². The standard InChI is InChI=1S/C14H22N2O2/c1-4-5-9-18-14-7-6-12(2)16-13(14)11-15-8-10-17-3/h4,6-7,15H,1,5,8-11H2,2-3H3. The molecule has 1 aromatic heterocycles. The maximum atomic E-state index is 5.68. The maximum absolute atomic E-state index is 5.68. The minimum absolute atomic E-state index is 0.638. The summed E-state index contributed by atoms with van der Waals surface area (Å²) in [6, 6.07) is 3.93. The molecule has 0 radical (unpaired) electrons. The Kier molecular flexibility index (Phi) is 7.06. The van der Waals surface area contributed by atoms with Gasteiger partial charge in [-0.05, 0) is 25.5 Å². The van der Waals surface area contributed by atoms with Crippen LogP contribution in [0.1, 0.15) is 17.8 Å². The molecule has 0 fully saturated rings. The van der Waals surface area contributed by atoms with Gasteiger partial charge in [0.25, 0.3) is 0 Å². The molecule has 0 unspecified atom stereocenters. The monoisotopic (exact) mass is 250 g/mol. The number of hydrogen-bond acceptors (Lipinski definition) is 4. The summed E-state index contributed by atoms with van der Waals surface area (Å²) in [7, 11) is 1.69. The number of nitrogens with zero attached hydrogens (tertiary/aromatic N) is 1. The molecule has 0 spiro atoms. The quantitative estimate of drug-likeness (QED) is 0.538. The second kappa shape index (κ2) is 8.66. The molecule has 1 aromatic rings. The molecule has 0 aliphatic rings. The number of methoxy groups -OCH3 is 1. The van der Waals surface area contributed by atoms with E-state index in [0.29, 0.717) is 19.8 Å². The van der Waals surface area contributed by atoms with Crippen molar-refractivity contribution in [3.63, 3.8) is 0 Å². The third-order valence-corrected chi connectivity index (χ3v) is 2.43.